The highest BCUT2D eigenvalue weighted by Crippen LogP contribution is 1.87. The minimum absolute atomic E-state index is 0.0350. The maximum atomic E-state index is 9.87. The number of aliphatic hydroxyl groups excluding tert-OH is 1. The molecule has 0 aromatic rings. The number of halogens is 1. The number of nitrogens with two attached hydrogens (primary N) is 1. The van der Waals surface area contributed by atoms with Crippen molar-refractivity contribution in [2.24, 2.45) is 5.73 Å². The fourth-order valence-corrected chi connectivity index (χ4v) is 0.312. The number of carbonyl (C=O) groups excluding carboxylic acids is 1. The molecule has 0 spiro atoms. The molecule has 4 nitrogen and oxygen atoms in total. The Labute approximate surface area is 57.5 Å². The van der Waals surface area contributed by atoms with Crippen LogP contribution in [0.3, 0.4) is 0 Å². The molecule has 0 saturated heterocycles. The summed E-state index contributed by atoms with van der Waals surface area (Å²) in [6.07, 6.45) is -1.72. The molecule has 0 aliphatic carbocycles. The molecule has 0 aliphatic heterocycles. The molecule has 0 bridgehead atoms. The third-order valence-electron chi connectivity index (χ3n) is 0.596. The van der Waals surface area contributed by atoms with Gasteiger partial charge in [0.15, 0.2) is 0 Å². The monoisotopic (exact) mass is 153 g/mol. The number of rotatable bonds is 3. The van der Waals surface area contributed by atoms with Gasteiger partial charge >= 0.3 is 6.09 Å². The topological polar surface area (TPSA) is 72.6 Å². The number of alkyl halides is 1. The summed E-state index contributed by atoms with van der Waals surface area (Å²) in [5.74, 6) is 0.0350. The van der Waals surface area contributed by atoms with E-state index in [4.69, 9.17) is 16.7 Å². The second-order valence-electron chi connectivity index (χ2n) is 1.44. The first kappa shape index (κ1) is 8.52. The molecule has 0 aromatic heterocycles. The van der Waals surface area contributed by atoms with Crippen molar-refractivity contribution < 1.29 is 14.6 Å². The van der Waals surface area contributed by atoms with Crippen LogP contribution in [-0.4, -0.2) is 29.8 Å². The van der Waals surface area contributed by atoms with E-state index in [-0.39, 0.29) is 12.5 Å². The van der Waals surface area contributed by atoms with Crippen LogP contribution in [0.25, 0.3) is 0 Å². The van der Waals surface area contributed by atoms with Gasteiger partial charge in [0.05, 0.1) is 5.88 Å². The van der Waals surface area contributed by atoms with E-state index in [9.17, 15) is 4.79 Å². The average molecular weight is 154 g/mol. The van der Waals surface area contributed by atoms with Crippen LogP contribution in [0.1, 0.15) is 0 Å². The molecule has 0 fully saturated rings. The molecule has 0 aliphatic rings. The minimum atomic E-state index is -0.904. The van der Waals surface area contributed by atoms with E-state index in [1.165, 1.54) is 0 Å². The van der Waals surface area contributed by atoms with E-state index in [2.05, 4.69) is 10.5 Å². The zero-order chi connectivity index (χ0) is 7.28. The Morgan fingerprint density at radius 1 is 1.89 bits per heavy atom. The van der Waals surface area contributed by atoms with E-state index >= 15 is 0 Å². The molecule has 0 radical (unpaired) electrons. The van der Waals surface area contributed by atoms with Gasteiger partial charge in [0.25, 0.3) is 0 Å². The van der Waals surface area contributed by atoms with E-state index in [1.807, 2.05) is 0 Å². The normalized spacial score (nSPS) is 12.7. The largest absolute Gasteiger partial charge is 0.447 e. The van der Waals surface area contributed by atoms with Crippen molar-refractivity contribution in [2.45, 2.75) is 6.10 Å². The van der Waals surface area contributed by atoms with Gasteiger partial charge in [0, 0.05) is 0 Å². The molecule has 0 rings (SSSR count). The molecule has 54 valence electrons. The molecule has 0 saturated carbocycles. The summed E-state index contributed by atoms with van der Waals surface area (Å²) < 4.78 is 4.20. The number of carbonyl (C=O) groups is 1. The van der Waals surface area contributed by atoms with Crippen molar-refractivity contribution in [2.75, 3.05) is 12.5 Å². The summed E-state index contributed by atoms with van der Waals surface area (Å²) in [5.41, 5.74) is 4.58. The van der Waals surface area contributed by atoms with Gasteiger partial charge in [0.1, 0.15) is 12.7 Å². The molecule has 5 heteroatoms. The summed E-state index contributed by atoms with van der Waals surface area (Å²) >= 11 is 5.15. The first-order valence-electron chi connectivity index (χ1n) is 2.33. The van der Waals surface area contributed by atoms with Crippen LogP contribution in [0.2, 0.25) is 0 Å². The number of aliphatic hydroxyl groups is 1. The third-order valence-corrected chi connectivity index (χ3v) is 0.952. The van der Waals surface area contributed by atoms with Crippen molar-refractivity contribution in [3.63, 3.8) is 0 Å². The smallest absolute Gasteiger partial charge is 0.404 e. The fourth-order valence-electron chi connectivity index (χ4n) is 0.223. The molecule has 0 unspecified atom stereocenters. The maximum absolute atomic E-state index is 9.87. The van der Waals surface area contributed by atoms with Crippen LogP contribution in [-0.2, 0) is 4.74 Å². The molecule has 9 heavy (non-hydrogen) atoms. The average Bonchev–Trinajstić information content (AvgIpc) is 1.83. The lowest BCUT2D eigenvalue weighted by atomic mass is 10.4. The molecular weight excluding hydrogens is 146 g/mol. The summed E-state index contributed by atoms with van der Waals surface area (Å²) in [6, 6.07) is 0. The van der Waals surface area contributed by atoms with E-state index < -0.39 is 12.2 Å². The van der Waals surface area contributed by atoms with Crippen molar-refractivity contribution in [3.05, 3.63) is 0 Å². The first-order chi connectivity index (χ1) is 4.16. The number of ether oxygens (including phenoxy) is 1. The van der Waals surface area contributed by atoms with Crippen LogP contribution in [0, 0.1) is 0 Å². The Morgan fingerprint density at radius 2 is 2.44 bits per heavy atom. The minimum Gasteiger partial charge on any atom is -0.447 e. The molecule has 3 N–H and O–H groups in total. The Hall–Kier alpha value is -0.480. The van der Waals surface area contributed by atoms with Crippen molar-refractivity contribution >= 4 is 17.7 Å². The zero-order valence-corrected chi connectivity index (χ0v) is 5.47. The second-order valence-corrected chi connectivity index (χ2v) is 1.75. The van der Waals surface area contributed by atoms with Gasteiger partial charge in [-0.25, -0.2) is 4.79 Å². The second kappa shape index (κ2) is 4.40. The SMILES string of the molecule is NC(=O)OC[C@H](O)CCl. The first-order valence-corrected chi connectivity index (χ1v) is 2.86. The number of amides is 1. The quantitative estimate of drug-likeness (QED) is 0.546. The van der Waals surface area contributed by atoms with Crippen LogP contribution in [0.5, 0.6) is 0 Å². The van der Waals surface area contributed by atoms with Gasteiger partial charge in [0.2, 0.25) is 0 Å². The van der Waals surface area contributed by atoms with E-state index in [1.54, 1.807) is 0 Å². The number of primary amides is 1. The lowest BCUT2D eigenvalue weighted by molar-refractivity contribution is 0.0851. The van der Waals surface area contributed by atoms with Crippen molar-refractivity contribution in [1.82, 2.24) is 0 Å². The standard InChI is InChI=1S/C4H8ClNO3/c5-1-3(7)2-9-4(6)8/h3,7H,1-2H2,(H2,6,8)/t3-/m1/s1. The van der Waals surface area contributed by atoms with Gasteiger partial charge in [-0.1, -0.05) is 0 Å². The third kappa shape index (κ3) is 5.39. The Kier molecular flexibility index (Phi) is 4.17. The highest BCUT2D eigenvalue weighted by Gasteiger charge is 2.02. The van der Waals surface area contributed by atoms with Gasteiger partial charge in [-0.05, 0) is 0 Å². The van der Waals surface area contributed by atoms with Crippen molar-refractivity contribution in [3.8, 4) is 0 Å². The van der Waals surface area contributed by atoms with E-state index in [0.717, 1.165) is 0 Å². The van der Waals surface area contributed by atoms with Crippen molar-refractivity contribution in [1.29, 1.82) is 0 Å². The van der Waals surface area contributed by atoms with Crippen LogP contribution < -0.4 is 5.73 Å². The Bertz CT molecular complexity index is 97.8. The number of hydrogen-bond donors (Lipinski definition) is 2. The van der Waals surface area contributed by atoms with E-state index in [0.29, 0.717) is 0 Å². The van der Waals surface area contributed by atoms with Gasteiger partial charge in [-0.3, -0.25) is 0 Å². The molecule has 1 amide bonds. The summed E-state index contributed by atoms with van der Waals surface area (Å²) in [6.45, 7) is -0.140. The van der Waals surface area contributed by atoms with Gasteiger partial charge in [-0.2, -0.15) is 0 Å². The summed E-state index contributed by atoms with van der Waals surface area (Å²) in [7, 11) is 0. The summed E-state index contributed by atoms with van der Waals surface area (Å²) in [4.78, 5) is 9.87. The predicted octanol–water partition coefficient (Wildman–Crippen LogP) is -0.319. The zero-order valence-electron chi connectivity index (χ0n) is 4.71. The lowest BCUT2D eigenvalue weighted by Crippen LogP contribution is -2.22. The highest BCUT2D eigenvalue weighted by atomic mass is 35.5. The fraction of sp³-hybridized carbons (Fsp3) is 0.750. The summed E-state index contributed by atoms with van der Waals surface area (Å²) in [5, 5.41) is 8.64. The molecule has 0 aromatic carbocycles. The van der Waals surface area contributed by atoms with Gasteiger partial charge in [-0.15, -0.1) is 11.6 Å². The predicted molar refractivity (Wildman–Crippen MR) is 32.3 cm³/mol. The highest BCUT2D eigenvalue weighted by molar-refractivity contribution is 6.18. The molecule has 0 heterocycles. The Balaban J connectivity index is 3.16. The van der Waals surface area contributed by atoms with Gasteiger partial charge < -0.3 is 15.6 Å². The van der Waals surface area contributed by atoms with Crippen LogP contribution >= 0.6 is 11.6 Å². The molecule has 1 atom stereocenters. The maximum Gasteiger partial charge on any atom is 0.404 e. The molecular formula is C4H8ClNO3. The lowest BCUT2D eigenvalue weighted by Gasteiger charge is -2.04. The number of hydrogen-bond acceptors (Lipinski definition) is 3. The van der Waals surface area contributed by atoms with Crippen LogP contribution in [0.15, 0.2) is 0 Å². The Morgan fingerprint density at radius 3 is 2.78 bits per heavy atom. The van der Waals surface area contributed by atoms with Crippen LogP contribution in [0.4, 0.5) is 4.79 Å².